The van der Waals surface area contributed by atoms with Crippen LogP contribution in [-0.2, 0) is 6.42 Å². The number of guanidine groups is 1. The van der Waals surface area contributed by atoms with Gasteiger partial charge in [-0.3, -0.25) is 9.98 Å². The Bertz CT molecular complexity index is 557. The Balaban J connectivity index is 1.68. The lowest BCUT2D eigenvalue weighted by molar-refractivity contribution is 0.318. The molecule has 2 rings (SSSR count). The number of aliphatic imine (C=N–C) groups is 1. The molecule has 5 nitrogen and oxygen atoms in total. The molecule has 118 valence electrons. The molecule has 22 heavy (non-hydrogen) atoms. The van der Waals surface area contributed by atoms with Gasteiger partial charge in [0.2, 0.25) is 0 Å². The summed E-state index contributed by atoms with van der Waals surface area (Å²) in [5.74, 6) is 1.66. The minimum Gasteiger partial charge on any atom is -0.490 e. The summed E-state index contributed by atoms with van der Waals surface area (Å²) in [5.41, 5.74) is 0. The highest BCUT2D eigenvalue weighted by atomic mass is 32.1. The first-order chi connectivity index (χ1) is 10.8. The molecule has 0 aliphatic rings. The van der Waals surface area contributed by atoms with Gasteiger partial charge in [0.15, 0.2) is 5.96 Å². The van der Waals surface area contributed by atoms with Gasteiger partial charge < -0.3 is 15.0 Å². The van der Waals surface area contributed by atoms with Gasteiger partial charge in [-0.2, -0.15) is 0 Å². The number of hydrogen-bond acceptors (Lipinski definition) is 4. The van der Waals surface area contributed by atoms with E-state index in [2.05, 4.69) is 37.7 Å². The molecule has 0 aromatic carbocycles. The van der Waals surface area contributed by atoms with Gasteiger partial charge in [-0.05, 0) is 30.0 Å². The summed E-state index contributed by atoms with van der Waals surface area (Å²) in [5, 5.41) is 5.41. The normalized spacial score (nSPS) is 11.3. The quantitative estimate of drug-likeness (QED) is 0.483. The summed E-state index contributed by atoms with van der Waals surface area (Å²) in [7, 11) is 3.84. The van der Waals surface area contributed by atoms with Gasteiger partial charge in [-0.25, -0.2) is 0 Å². The standard InChI is InChI=1S/C16H22N4OS/c1-17-16(20(2)10-7-15-6-4-12-22-15)19-9-11-21-14-5-3-8-18-13-14/h3-6,8,12-13H,7,9-11H2,1-2H3,(H,17,19). The van der Waals surface area contributed by atoms with E-state index in [0.717, 1.165) is 24.7 Å². The first kappa shape index (κ1) is 16.3. The summed E-state index contributed by atoms with van der Waals surface area (Å²) in [6, 6.07) is 8.01. The van der Waals surface area contributed by atoms with Crippen LogP contribution in [0.25, 0.3) is 0 Å². The van der Waals surface area contributed by atoms with Crippen molar-refractivity contribution in [1.29, 1.82) is 0 Å². The Morgan fingerprint density at radius 2 is 2.32 bits per heavy atom. The summed E-state index contributed by atoms with van der Waals surface area (Å²) < 4.78 is 5.60. The van der Waals surface area contributed by atoms with E-state index < -0.39 is 0 Å². The third-order valence-electron chi connectivity index (χ3n) is 3.14. The fourth-order valence-electron chi connectivity index (χ4n) is 1.99. The molecular formula is C16H22N4OS. The van der Waals surface area contributed by atoms with Gasteiger partial charge in [0.1, 0.15) is 12.4 Å². The Hall–Kier alpha value is -2.08. The molecule has 0 spiro atoms. The zero-order chi connectivity index (χ0) is 15.6. The Labute approximate surface area is 135 Å². The smallest absolute Gasteiger partial charge is 0.193 e. The van der Waals surface area contributed by atoms with E-state index >= 15 is 0 Å². The summed E-state index contributed by atoms with van der Waals surface area (Å²) in [6.07, 6.45) is 4.47. The van der Waals surface area contributed by atoms with Crippen LogP contribution >= 0.6 is 11.3 Å². The van der Waals surface area contributed by atoms with E-state index in [-0.39, 0.29) is 0 Å². The molecule has 0 saturated carbocycles. The topological polar surface area (TPSA) is 49.8 Å². The molecule has 0 atom stereocenters. The van der Waals surface area contributed by atoms with Crippen molar-refractivity contribution in [3.8, 4) is 5.75 Å². The van der Waals surface area contributed by atoms with Crippen LogP contribution in [0.1, 0.15) is 4.88 Å². The van der Waals surface area contributed by atoms with Gasteiger partial charge in [0, 0.05) is 31.7 Å². The Morgan fingerprint density at radius 3 is 3.00 bits per heavy atom. The van der Waals surface area contributed by atoms with Crippen molar-refractivity contribution < 1.29 is 4.74 Å². The fraction of sp³-hybridized carbons (Fsp3) is 0.375. The molecule has 2 aromatic rings. The van der Waals surface area contributed by atoms with E-state index in [0.29, 0.717) is 13.2 Å². The number of thiophene rings is 1. The van der Waals surface area contributed by atoms with E-state index in [1.54, 1.807) is 30.8 Å². The van der Waals surface area contributed by atoms with Crippen LogP contribution < -0.4 is 10.1 Å². The predicted molar refractivity (Wildman–Crippen MR) is 91.7 cm³/mol. The first-order valence-corrected chi connectivity index (χ1v) is 8.14. The maximum atomic E-state index is 5.60. The molecule has 0 unspecified atom stereocenters. The van der Waals surface area contributed by atoms with Crippen LogP contribution in [0.3, 0.4) is 0 Å². The van der Waals surface area contributed by atoms with Crippen LogP contribution in [0.2, 0.25) is 0 Å². The number of nitrogens with zero attached hydrogens (tertiary/aromatic N) is 3. The third kappa shape index (κ3) is 5.37. The Kier molecular flexibility index (Phi) is 6.70. The molecule has 2 heterocycles. The molecular weight excluding hydrogens is 296 g/mol. The highest BCUT2D eigenvalue weighted by molar-refractivity contribution is 7.09. The number of hydrogen-bond donors (Lipinski definition) is 1. The van der Waals surface area contributed by atoms with Gasteiger partial charge in [0.25, 0.3) is 0 Å². The van der Waals surface area contributed by atoms with Crippen molar-refractivity contribution in [2.45, 2.75) is 6.42 Å². The summed E-state index contributed by atoms with van der Waals surface area (Å²) in [6.45, 7) is 2.21. The average Bonchev–Trinajstić information content (AvgIpc) is 3.07. The van der Waals surface area contributed by atoms with Gasteiger partial charge in [0.05, 0.1) is 12.7 Å². The number of ether oxygens (including phenoxy) is 1. The zero-order valence-corrected chi connectivity index (χ0v) is 13.8. The van der Waals surface area contributed by atoms with Crippen molar-refractivity contribution >= 4 is 17.3 Å². The summed E-state index contributed by atoms with van der Waals surface area (Å²) >= 11 is 1.79. The number of likely N-dealkylation sites (N-methyl/N-ethyl adjacent to an activating group) is 1. The highest BCUT2D eigenvalue weighted by Crippen LogP contribution is 2.09. The SMILES string of the molecule is CN=C(NCCOc1cccnc1)N(C)CCc1cccs1. The van der Waals surface area contributed by atoms with Crippen molar-refractivity contribution in [3.05, 3.63) is 46.9 Å². The van der Waals surface area contributed by atoms with Gasteiger partial charge in [-0.15, -0.1) is 11.3 Å². The van der Waals surface area contributed by atoms with E-state index in [4.69, 9.17) is 4.74 Å². The Morgan fingerprint density at radius 1 is 1.41 bits per heavy atom. The minimum atomic E-state index is 0.573. The molecule has 0 fully saturated rings. The van der Waals surface area contributed by atoms with Crippen molar-refractivity contribution in [3.63, 3.8) is 0 Å². The molecule has 6 heteroatoms. The minimum absolute atomic E-state index is 0.573. The second kappa shape index (κ2) is 9.04. The molecule has 1 N–H and O–H groups in total. The van der Waals surface area contributed by atoms with Crippen LogP contribution in [0.5, 0.6) is 5.75 Å². The van der Waals surface area contributed by atoms with E-state index in [1.165, 1.54) is 4.88 Å². The lowest BCUT2D eigenvalue weighted by atomic mass is 10.3. The molecule has 0 aliphatic carbocycles. The predicted octanol–water partition coefficient (Wildman–Crippen LogP) is 2.27. The zero-order valence-electron chi connectivity index (χ0n) is 13.0. The third-order valence-corrected chi connectivity index (χ3v) is 4.07. The molecule has 0 aliphatic heterocycles. The van der Waals surface area contributed by atoms with Gasteiger partial charge >= 0.3 is 0 Å². The van der Waals surface area contributed by atoms with Crippen molar-refractivity contribution in [1.82, 2.24) is 15.2 Å². The van der Waals surface area contributed by atoms with Gasteiger partial charge in [-0.1, -0.05) is 6.07 Å². The van der Waals surface area contributed by atoms with Crippen LogP contribution in [0.4, 0.5) is 0 Å². The monoisotopic (exact) mass is 318 g/mol. The molecule has 0 radical (unpaired) electrons. The number of pyridine rings is 1. The number of aromatic nitrogens is 1. The van der Waals surface area contributed by atoms with E-state index in [1.807, 2.05) is 19.2 Å². The lowest BCUT2D eigenvalue weighted by Crippen LogP contribution is -2.41. The van der Waals surface area contributed by atoms with Crippen LogP contribution in [0, 0.1) is 0 Å². The largest absolute Gasteiger partial charge is 0.490 e. The fourth-order valence-corrected chi connectivity index (χ4v) is 2.69. The molecule has 0 bridgehead atoms. The van der Waals surface area contributed by atoms with Crippen LogP contribution in [0.15, 0.2) is 47.0 Å². The van der Waals surface area contributed by atoms with E-state index in [9.17, 15) is 0 Å². The molecule has 2 aromatic heterocycles. The summed E-state index contributed by atoms with van der Waals surface area (Å²) in [4.78, 5) is 11.8. The number of rotatable bonds is 7. The molecule has 0 saturated heterocycles. The number of nitrogens with one attached hydrogen (secondary N) is 1. The van der Waals surface area contributed by atoms with Crippen LogP contribution in [-0.4, -0.2) is 49.6 Å². The van der Waals surface area contributed by atoms with Crippen molar-refractivity contribution in [2.24, 2.45) is 4.99 Å². The van der Waals surface area contributed by atoms with Crippen molar-refractivity contribution in [2.75, 3.05) is 33.8 Å². The second-order valence-electron chi connectivity index (χ2n) is 4.76. The second-order valence-corrected chi connectivity index (χ2v) is 5.79. The molecule has 0 amide bonds. The maximum Gasteiger partial charge on any atom is 0.193 e. The average molecular weight is 318 g/mol. The lowest BCUT2D eigenvalue weighted by Gasteiger charge is -2.21. The highest BCUT2D eigenvalue weighted by Gasteiger charge is 2.06. The first-order valence-electron chi connectivity index (χ1n) is 7.26. The maximum absolute atomic E-state index is 5.60.